The molecule has 0 radical (unpaired) electrons. The number of hydrogen-bond donors (Lipinski definition) is 0. The number of hydrogen-bond acceptors (Lipinski definition) is 6. The molecule has 0 atom stereocenters. The molecule has 0 spiro atoms. The van der Waals surface area contributed by atoms with Crippen molar-refractivity contribution >= 4 is 22.5 Å². The van der Waals surface area contributed by atoms with Crippen molar-refractivity contribution in [1.82, 2.24) is 5.16 Å². The number of anilines is 2. The summed E-state index contributed by atoms with van der Waals surface area (Å²) in [5, 5.41) is 27.5. The van der Waals surface area contributed by atoms with Crippen LogP contribution in [0.4, 0.5) is 11.5 Å². The molecule has 3 heterocycles. The SMILES string of the molecule is CC1(C)CN(c2cccc[n+]2[O-])c2cc3c(cc2O1)no[n+]3[O-]. The Kier molecular flexibility index (Phi) is 2.65. The molecular weight excluding hydrogens is 300 g/mol. The molecule has 0 aliphatic carbocycles. The minimum absolute atomic E-state index is 0.283. The van der Waals surface area contributed by atoms with Crippen LogP contribution >= 0.6 is 0 Å². The van der Waals surface area contributed by atoms with E-state index in [9.17, 15) is 10.4 Å². The maximum Gasteiger partial charge on any atom is 0.285 e. The summed E-state index contributed by atoms with van der Waals surface area (Å²) < 4.78 is 11.4. The summed E-state index contributed by atoms with van der Waals surface area (Å²) in [6.45, 7) is 4.32. The molecular formula is C15H14N4O4. The Bertz CT molecular complexity index is 906. The van der Waals surface area contributed by atoms with E-state index < -0.39 is 5.60 Å². The van der Waals surface area contributed by atoms with Crippen LogP contribution in [0.5, 0.6) is 5.75 Å². The molecule has 0 bridgehead atoms. The third-order valence-corrected chi connectivity index (χ3v) is 3.76. The van der Waals surface area contributed by atoms with Gasteiger partial charge in [0.2, 0.25) is 5.52 Å². The number of aromatic nitrogens is 3. The molecule has 3 aromatic rings. The van der Waals surface area contributed by atoms with E-state index >= 15 is 0 Å². The second-order valence-corrected chi connectivity index (χ2v) is 6.07. The van der Waals surface area contributed by atoms with Crippen LogP contribution in [-0.2, 0) is 0 Å². The van der Waals surface area contributed by atoms with Crippen molar-refractivity contribution in [2.45, 2.75) is 19.4 Å². The quantitative estimate of drug-likeness (QED) is 0.498. The number of fused-ring (bicyclic) bond motifs is 2. The molecule has 8 nitrogen and oxygen atoms in total. The normalized spacial score (nSPS) is 16.2. The smallest absolute Gasteiger partial charge is 0.285 e. The first-order valence-electron chi connectivity index (χ1n) is 7.13. The molecule has 118 valence electrons. The predicted octanol–water partition coefficient (Wildman–Crippen LogP) is 1.40. The molecule has 1 aromatic carbocycles. The van der Waals surface area contributed by atoms with E-state index in [1.807, 2.05) is 18.7 Å². The lowest BCUT2D eigenvalue weighted by Crippen LogP contribution is -2.48. The van der Waals surface area contributed by atoms with Crippen LogP contribution in [0.25, 0.3) is 11.0 Å². The van der Waals surface area contributed by atoms with Crippen LogP contribution in [-0.4, -0.2) is 17.3 Å². The topological polar surface area (TPSA) is 92.4 Å². The largest absolute Gasteiger partial charge is 0.711 e. The van der Waals surface area contributed by atoms with Crippen molar-refractivity contribution in [3.05, 3.63) is 46.9 Å². The molecule has 23 heavy (non-hydrogen) atoms. The number of ether oxygens (including phenoxy) is 1. The second kappa shape index (κ2) is 4.48. The fourth-order valence-corrected chi connectivity index (χ4v) is 2.81. The monoisotopic (exact) mass is 314 g/mol. The summed E-state index contributed by atoms with van der Waals surface area (Å²) in [6.07, 6.45) is 1.43. The van der Waals surface area contributed by atoms with Crippen molar-refractivity contribution in [3.63, 3.8) is 0 Å². The summed E-state index contributed by atoms with van der Waals surface area (Å²) >= 11 is 0. The van der Waals surface area contributed by atoms with Crippen molar-refractivity contribution in [2.24, 2.45) is 0 Å². The summed E-state index contributed by atoms with van der Waals surface area (Å²) in [7, 11) is 0. The first-order chi connectivity index (χ1) is 10.9. The van der Waals surface area contributed by atoms with Gasteiger partial charge in [0.15, 0.2) is 11.4 Å². The lowest BCUT2D eigenvalue weighted by Gasteiger charge is -2.36. The zero-order chi connectivity index (χ0) is 16.2. The molecule has 0 fully saturated rings. The fraction of sp³-hybridized carbons (Fsp3) is 0.267. The van der Waals surface area contributed by atoms with E-state index in [0.29, 0.717) is 34.2 Å². The van der Waals surface area contributed by atoms with E-state index in [0.717, 1.165) is 4.73 Å². The first-order valence-corrected chi connectivity index (χ1v) is 7.13. The zero-order valence-electron chi connectivity index (χ0n) is 12.6. The molecule has 4 rings (SSSR count). The van der Waals surface area contributed by atoms with Crippen molar-refractivity contribution < 1.29 is 19.0 Å². The van der Waals surface area contributed by atoms with Gasteiger partial charge >= 0.3 is 0 Å². The van der Waals surface area contributed by atoms with Gasteiger partial charge in [0.1, 0.15) is 12.1 Å². The Labute approximate surface area is 131 Å². The van der Waals surface area contributed by atoms with Gasteiger partial charge < -0.3 is 15.2 Å². The lowest BCUT2D eigenvalue weighted by molar-refractivity contribution is -0.782. The van der Waals surface area contributed by atoms with Crippen LogP contribution in [0, 0.1) is 10.4 Å². The van der Waals surface area contributed by atoms with E-state index in [-0.39, 0.29) is 5.52 Å². The molecule has 1 aliphatic heterocycles. The highest BCUT2D eigenvalue weighted by Crippen LogP contribution is 2.41. The van der Waals surface area contributed by atoms with Gasteiger partial charge in [-0.25, -0.2) is 9.63 Å². The summed E-state index contributed by atoms with van der Waals surface area (Å²) in [5.74, 6) is 1.00. The van der Waals surface area contributed by atoms with Crippen molar-refractivity contribution in [3.8, 4) is 5.75 Å². The maximum atomic E-state index is 12.2. The van der Waals surface area contributed by atoms with E-state index in [1.165, 1.54) is 6.20 Å². The average molecular weight is 314 g/mol. The average Bonchev–Trinajstić information content (AvgIpc) is 2.85. The molecule has 0 N–H and O–H groups in total. The number of pyridine rings is 1. The molecule has 2 aromatic heterocycles. The second-order valence-electron chi connectivity index (χ2n) is 6.07. The minimum Gasteiger partial charge on any atom is -0.711 e. The zero-order valence-corrected chi connectivity index (χ0v) is 12.6. The minimum atomic E-state index is -0.513. The highest BCUT2D eigenvalue weighted by Gasteiger charge is 2.39. The van der Waals surface area contributed by atoms with Gasteiger partial charge in [-0.3, -0.25) is 4.63 Å². The highest BCUT2D eigenvalue weighted by molar-refractivity contribution is 5.83. The Morgan fingerprint density at radius 2 is 2.09 bits per heavy atom. The Hall–Kier alpha value is -3.03. The van der Waals surface area contributed by atoms with Crippen LogP contribution in [0.3, 0.4) is 0 Å². The summed E-state index contributed by atoms with van der Waals surface area (Å²) in [5.41, 5.74) is 0.797. The predicted molar refractivity (Wildman–Crippen MR) is 80.1 cm³/mol. The van der Waals surface area contributed by atoms with E-state index in [2.05, 4.69) is 9.79 Å². The molecule has 1 aliphatic rings. The molecule has 0 saturated carbocycles. The Morgan fingerprint density at radius 1 is 1.26 bits per heavy atom. The van der Waals surface area contributed by atoms with Gasteiger partial charge in [0.05, 0.1) is 6.20 Å². The molecule has 0 amide bonds. The number of rotatable bonds is 1. The number of benzene rings is 1. The molecule has 0 unspecified atom stereocenters. The highest BCUT2D eigenvalue weighted by atomic mass is 16.8. The van der Waals surface area contributed by atoms with Crippen LogP contribution in [0.1, 0.15) is 13.8 Å². The van der Waals surface area contributed by atoms with Gasteiger partial charge in [-0.2, -0.15) is 0 Å². The van der Waals surface area contributed by atoms with Gasteiger partial charge in [-0.05, 0) is 24.8 Å². The summed E-state index contributed by atoms with van der Waals surface area (Å²) in [4.78, 5) is 2.17. The van der Waals surface area contributed by atoms with Crippen LogP contribution < -0.4 is 19.3 Å². The number of nitrogens with zero attached hydrogens (tertiary/aromatic N) is 4. The van der Waals surface area contributed by atoms with Crippen molar-refractivity contribution in [1.29, 1.82) is 0 Å². The van der Waals surface area contributed by atoms with Gasteiger partial charge in [-0.1, -0.05) is 6.07 Å². The fourth-order valence-electron chi connectivity index (χ4n) is 2.81. The summed E-state index contributed by atoms with van der Waals surface area (Å²) in [6, 6.07) is 8.45. The van der Waals surface area contributed by atoms with Crippen LogP contribution in [0.2, 0.25) is 0 Å². The van der Waals surface area contributed by atoms with Gasteiger partial charge in [0, 0.05) is 23.4 Å². The lowest BCUT2D eigenvalue weighted by atomic mass is 10.0. The van der Waals surface area contributed by atoms with Gasteiger partial charge in [0.25, 0.3) is 11.3 Å². The van der Waals surface area contributed by atoms with Crippen molar-refractivity contribution in [2.75, 3.05) is 11.4 Å². The third-order valence-electron chi connectivity index (χ3n) is 3.76. The third kappa shape index (κ3) is 2.10. The van der Waals surface area contributed by atoms with E-state index in [1.54, 1.807) is 30.3 Å². The van der Waals surface area contributed by atoms with Crippen LogP contribution in [0.15, 0.2) is 41.2 Å². The molecule has 8 heteroatoms. The standard InChI is InChI=1S/C15H14N4O4/c1-15(2)9-17(14-5-3-4-6-18(14)20)12-8-11-10(7-13(12)22-15)16-23-19(11)21/h3-8H,9H2,1-2H3. The molecule has 0 saturated heterocycles. The Morgan fingerprint density at radius 3 is 2.87 bits per heavy atom. The van der Waals surface area contributed by atoms with E-state index in [4.69, 9.17) is 4.74 Å². The maximum absolute atomic E-state index is 12.2. The first kappa shape index (κ1) is 13.6. The van der Waals surface area contributed by atoms with Gasteiger partial charge in [-0.15, -0.1) is 0 Å². The Balaban J connectivity index is 1.96.